The Hall–Kier alpha value is -4.07. The van der Waals surface area contributed by atoms with Gasteiger partial charge in [0.2, 0.25) is 0 Å². The third-order valence-electron chi connectivity index (χ3n) is 7.21. The van der Waals surface area contributed by atoms with Crippen molar-refractivity contribution in [2.75, 3.05) is 6.54 Å². The van der Waals surface area contributed by atoms with Crippen LogP contribution in [0.2, 0.25) is 0 Å². The van der Waals surface area contributed by atoms with Crippen LogP contribution in [0.3, 0.4) is 0 Å². The Kier molecular flexibility index (Phi) is 12.0. The molecular weight excluding hydrogens is 556 g/mol. The summed E-state index contributed by atoms with van der Waals surface area (Å²) >= 11 is 0. The predicted octanol–water partition coefficient (Wildman–Crippen LogP) is 7.65. The standard InChI is InChI=1S/C37H43F2N3O2/c1-37(2,3)44-36(43)41-34(25-40-24-28-13-7-4-8-14-28)23-35(21-31-19-32(38)22-33(39)20-31)42(26-29-15-9-5-10-16-29)27-30-17-11-6-12-18-30/h4-20,22,34-35,40H,21,23-27H2,1-3H3,(H,41,43)/t34-,35?/m0/s1. The van der Waals surface area contributed by atoms with Crippen LogP contribution in [0.5, 0.6) is 0 Å². The highest BCUT2D eigenvalue weighted by molar-refractivity contribution is 5.68. The van der Waals surface area contributed by atoms with E-state index in [-0.39, 0.29) is 12.1 Å². The molecule has 0 aromatic heterocycles. The number of hydrogen-bond acceptors (Lipinski definition) is 4. The van der Waals surface area contributed by atoms with Gasteiger partial charge in [0.25, 0.3) is 0 Å². The van der Waals surface area contributed by atoms with Crippen LogP contribution < -0.4 is 10.6 Å². The number of nitrogens with one attached hydrogen (secondary N) is 2. The number of ether oxygens (including phenoxy) is 1. The van der Waals surface area contributed by atoms with Crippen LogP contribution in [0.15, 0.2) is 109 Å². The molecule has 2 atom stereocenters. The van der Waals surface area contributed by atoms with Gasteiger partial charge in [-0.1, -0.05) is 91.0 Å². The van der Waals surface area contributed by atoms with E-state index in [2.05, 4.69) is 39.8 Å². The van der Waals surface area contributed by atoms with E-state index < -0.39 is 23.3 Å². The number of amides is 1. The van der Waals surface area contributed by atoms with Crippen molar-refractivity contribution in [1.29, 1.82) is 0 Å². The average Bonchev–Trinajstić information content (AvgIpc) is 2.96. The molecule has 0 bridgehead atoms. The van der Waals surface area contributed by atoms with E-state index in [1.807, 2.05) is 87.5 Å². The molecule has 0 aliphatic heterocycles. The van der Waals surface area contributed by atoms with Gasteiger partial charge in [0.05, 0.1) is 0 Å². The van der Waals surface area contributed by atoms with Crippen LogP contribution in [0.4, 0.5) is 13.6 Å². The number of carbonyl (C=O) groups is 1. The maximum atomic E-state index is 14.4. The molecule has 0 aliphatic carbocycles. The zero-order valence-electron chi connectivity index (χ0n) is 25.8. The van der Waals surface area contributed by atoms with Gasteiger partial charge >= 0.3 is 6.09 Å². The number of hydrogen-bond donors (Lipinski definition) is 2. The van der Waals surface area contributed by atoms with E-state index in [0.29, 0.717) is 44.6 Å². The number of alkyl carbamates (subject to hydrolysis) is 1. The van der Waals surface area contributed by atoms with E-state index in [4.69, 9.17) is 4.74 Å². The summed E-state index contributed by atoms with van der Waals surface area (Å²) in [6.07, 6.45) is 0.399. The molecule has 0 saturated carbocycles. The van der Waals surface area contributed by atoms with Crippen LogP contribution in [-0.2, 0) is 30.8 Å². The maximum absolute atomic E-state index is 14.4. The van der Waals surface area contributed by atoms with E-state index >= 15 is 0 Å². The lowest BCUT2D eigenvalue weighted by Crippen LogP contribution is -2.48. The fraction of sp³-hybridized carbons (Fsp3) is 0.324. The topological polar surface area (TPSA) is 53.6 Å². The molecule has 4 aromatic carbocycles. The van der Waals surface area contributed by atoms with Crippen LogP contribution in [-0.4, -0.2) is 35.2 Å². The fourth-order valence-electron chi connectivity index (χ4n) is 5.29. The molecule has 1 unspecified atom stereocenters. The Labute approximate surface area is 260 Å². The SMILES string of the molecule is CC(C)(C)OC(=O)N[C@H](CNCc1ccccc1)CC(Cc1cc(F)cc(F)c1)N(Cc1ccccc1)Cc1ccccc1. The van der Waals surface area contributed by atoms with Crippen molar-refractivity contribution >= 4 is 6.09 Å². The summed E-state index contributed by atoms with van der Waals surface area (Å²) < 4.78 is 34.3. The Balaban J connectivity index is 1.65. The zero-order valence-corrected chi connectivity index (χ0v) is 25.8. The van der Waals surface area contributed by atoms with Crippen LogP contribution in [0.1, 0.15) is 49.4 Å². The van der Waals surface area contributed by atoms with Gasteiger partial charge in [-0.05, 0) is 68.0 Å². The minimum Gasteiger partial charge on any atom is -0.444 e. The van der Waals surface area contributed by atoms with Crippen molar-refractivity contribution in [3.8, 4) is 0 Å². The van der Waals surface area contributed by atoms with E-state index in [0.717, 1.165) is 22.8 Å². The highest BCUT2D eigenvalue weighted by Gasteiger charge is 2.27. The molecule has 44 heavy (non-hydrogen) atoms. The minimum atomic E-state index is -0.656. The second-order valence-electron chi connectivity index (χ2n) is 12.2. The van der Waals surface area contributed by atoms with Crippen molar-refractivity contribution in [2.45, 2.75) is 70.9 Å². The van der Waals surface area contributed by atoms with Gasteiger partial charge in [0.1, 0.15) is 17.2 Å². The van der Waals surface area contributed by atoms with Gasteiger partial charge < -0.3 is 15.4 Å². The first-order valence-electron chi connectivity index (χ1n) is 15.1. The molecule has 0 radical (unpaired) electrons. The average molecular weight is 600 g/mol. The van der Waals surface area contributed by atoms with E-state index in [1.54, 1.807) is 0 Å². The molecule has 5 nitrogen and oxygen atoms in total. The molecule has 7 heteroatoms. The van der Waals surface area contributed by atoms with E-state index in [9.17, 15) is 13.6 Å². The highest BCUT2D eigenvalue weighted by Crippen LogP contribution is 2.22. The molecular formula is C37H43F2N3O2. The van der Waals surface area contributed by atoms with Gasteiger partial charge in [-0.25, -0.2) is 13.6 Å². The largest absolute Gasteiger partial charge is 0.444 e. The third-order valence-corrected chi connectivity index (χ3v) is 7.21. The molecule has 0 spiro atoms. The van der Waals surface area contributed by atoms with Crippen molar-refractivity contribution in [2.24, 2.45) is 0 Å². The first-order chi connectivity index (χ1) is 21.1. The molecule has 232 valence electrons. The van der Waals surface area contributed by atoms with Crippen molar-refractivity contribution in [3.63, 3.8) is 0 Å². The number of nitrogens with zero attached hydrogens (tertiary/aromatic N) is 1. The summed E-state index contributed by atoms with van der Waals surface area (Å²) in [7, 11) is 0. The monoisotopic (exact) mass is 599 g/mol. The van der Waals surface area contributed by atoms with Gasteiger partial charge in [-0.15, -0.1) is 0 Å². The number of halogens is 2. The lowest BCUT2D eigenvalue weighted by Gasteiger charge is -2.35. The summed E-state index contributed by atoms with van der Waals surface area (Å²) in [6.45, 7) is 7.84. The Bertz CT molecular complexity index is 1370. The van der Waals surface area contributed by atoms with Gasteiger partial charge in [-0.3, -0.25) is 4.90 Å². The van der Waals surface area contributed by atoms with Gasteiger partial charge in [0.15, 0.2) is 0 Å². The number of rotatable bonds is 14. The Morgan fingerprint density at radius 3 is 1.75 bits per heavy atom. The molecule has 0 heterocycles. The van der Waals surface area contributed by atoms with Crippen molar-refractivity contribution < 1.29 is 18.3 Å². The number of benzene rings is 4. The smallest absolute Gasteiger partial charge is 0.407 e. The van der Waals surface area contributed by atoms with Crippen molar-refractivity contribution in [1.82, 2.24) is 15.5 Å². The summed E-state index contributed by atoms with van der Waals surface area (Å²) in [4.78, 5) is 15.3. The molecule has 1 amide bonds. The summed E-state index contributed by atoms with van der Waals surface area (Å²) in [5, 5.41) is 6.57. The van der Waals surface area contributed by atoms with Crippen LogP contribution in [0, 0.1) is 11.6 Å². The van der Waals surface area contributed by atoms with Crippen LogP contribution in [0.25, 0.3) is 0 Å². The second kappa shape index (κ2) is 16.1. The molecule has 4 aromatic rings. The van der Waals surface area contributed by atoms with E-state index in [1.165, 1.54) is 12.1 Å². The Morgan fingerprint density at radius 1 is 0.750 bits per heavy atom. The molecule has 4 rings (SSSR count). The molecule has 0 fully saturated rings. The fourth-order valence-corrected chi connectivity index (χ4v) is 5.29. The van der Waals surface area contributed by atoms with Gasteiger partial charge in [0, 0.05) is 44.3 Å². The number of carbonyl (C=O) groups excluding carboxylic acids is 1. The highest BCUT2D eigenvalue weighted by atomic mass is 19.1. The van der Waals surface area contributed by atoms with Crippen LogP contribution >= 0.6 is 0 Å². The van der Waals surface area contributed by atoms with Gasteiger partial charge in [-0.2, -0.15) is 0 Å². The molecule has 0 aliphatic rings. The lowest BCUT2D eigenvalue weighted by molar-refractivity contribution is 0.0487. The first-order valence-corrected chi connectivity index (χ1v) is 15.1. The Morgan fingerprint density at radius 2 is 1.25 bits per heavy atom. The third kappa shape index (κ3) is 11.5. The second-order valence-corrected chi connectivity index (χ2v) is 12.2. The summed E-state index contributed by atoms with van der Waals surface area (Å²) in [6, 6.07) is 33.5. The summed E-state index contributed by atoms with van der Waals surface area (Å²) in [5.41, 5.74) is 3.28. The zero-order chi connectivity index (χ0) is 31.4. The quantitative estimate of drug-likeness (QED) is 0.156. The molecule has 2 N–H and O–H groups in total. The lowest BCUT2D eigenvalue weighted by atomic mass is 9.96. The first kappa shape index (κ1) is 32.8. The summed E-state index contributed by atoms with van der Waals surface area (Å²) in [5.74, 6) is -1.21. The molecule has 0 saturated heterocycles. The maximum Gasteiger partial charge on any atom is 0.407 e. The van der Waals surface area contributed by atoms with Crippen molar-refractivity contribution in [3.05, 3.63) is 143 Å². The predicted molar refractivity (Wildman–Crippen MR) is 172 cm³/mol. The minimum absolute atomic E-state index is 0.185. The normalized spacial score (nSPS) is 13.0.